The molecule has 0 saturated heterocycles. The third-order valence-electron chi connectivity index (χ3n) is 7.68. The summed E-state index contributed by atoms with van der Waals surface area (Å²) in [5.74, 6) is 0.00945. The van der Waals surface area contributed by atoms with Gasteiger partial charge in [-0.05, 0) is 87.4 Å². The van der Waals surface area contributed by atoms with Gasteiger partial charge in [-0.2, -0.15) is 0 Å². The highest BCUT2D eigenvalue weighted by Crippen LogP contribution is 2.28. The molecule has 2 aromatic rings. The molecule has 7 nitrogen and oxygen atoms in total. The van der Waals surface area contributed by atoms with Gasteiger partial charge in [-0.1, -0.05) is 43.3 Å². The topological polar surface area (TPSA) is 94.6 Å². The number of anilines is 1. The van der Waals surface area contributed by atoms with E-state index in [9.17, 15) is 14.7 Å². The number of hydrogen-bond acceptors (Lipinski definition) is 5. The van der Waals surface area contributed by atoms with Crippen LogP contribution in [0.25, 0.3) is 0 Å². The van der Waals surface area contributed by atoms with Crippen LogP contribution < -0.4 is 10.6 Å². The van der Waals surface area contributed by atoms with Crippen LogP contribution in [0.2, 0.25) is 0 Å². The number of fused-ring (bicyclic) bond motifs is 1. The minimum atomic E-state index is -0.955. The maximum absolute atomic E-state index is 12.7. The van der Waals surface area contributed by atoms with E-state index in [2.05, 4.69) is 34.6 Å². The third-order valence-corrected chi connectivity index (χ3v) is 7.68. The Hall–Kier alpha value is -2.93. The number of amides is 1. The van der Waals surface area contributed by atoms with E-state index in [0.29, 0.717) is 25.4 Å². The lowest BCUT2D eigenvalue weighted by molar-refractivity contribution is -0.142. The number of carboxylic acid groups (broad SMARTS) is 1. The fraction of sp³-hybridized carbons (Fsp3) is 0.567. The van der Waals surface area contributed by atoms with Crippen molar-refractivity contribution < 1.29 is 14.7 Å². The zero-order chi connectivity index (χ0) is 26.0. The molecule has 37 heavy (non-hydrogen) atoms. The van der Waals surface area contributed by atoms with Crippen molar-refractivity contribution in [1.82, 2.24) is 15.2 Å². The molecule has 1 amide bonds. The van der Waals surface area contributed by atoms with Gasteiger partial charge in [-0.25, -0.2) is 9.78 Å². The molecular formula is C30H42N4O3. The smallest absolute Gasteiger partial charge is 0.326 e. The molecular weight excluding hydrogens is 464 g/mol. The van der Waals surface area contributed by atoms with Gasteiger partial charge in [-0.15, -0.1) is 0 Å². The number of carboxylic acids is 1. The third kappa shape index (κ3) is 8.29. The molecule has 200 valence electrons. The van der Waals surface area contributed by atoms with E-state index in [-0.39, 0.29) is 11.8 Å². The van der Waals surface area contributed by atoms with Gasteiger partial charge in [0.1, 0.15) is 11.9 Å². The van der Waals surface area contributed by atoms with Crippen LogP contribution in [0.15, 0.2) is 42.5 Å². The number of aliphatic carboxylic acids is 1. The van der Waals surface area contributed by atoms with Crippen molar-refractivity contribution in [3.8, 4) is 0 Å². The lowest BCUT2D eigenvalue weighted by atomic mass is 9.93. The Morgan fingerprint density at radius 3 is 2.68 bits per heavy atom. The first-order valence-electron chi connectivity index (χ1n) is 14.1. The maximum Gasteiger partial charge on any atom is 0.326 e. The minimum absolute atomic E-state index is 0.0963. The largest absolute Gasteiger partial charge is 0.480 e. The molecule has 1 unspecified atom stereocenters. The van der Waals surface area contributed by atoms with E-state index in [4.69, 9.17) is 4.98 Å². The number of unbranched alkanes of at least 4 members (excludes halogenated alkanes) is 1. The van der Waals surface area contributed by atoms with Crippen molar-refractivity contribution in [3.05, 3.63) is 59.3 Å². The van der Waals surface area contributed by atoms with Crippen molar-refractivity contribution in [3.63, 3.8) is 0 Å². The van der Waals surface area contributed by atoms with Gasteiger partial charge in [0.05, 0.1) is 0 Å². The monoisotopic (exact) mass is 506 g/mol. The molecule has 4 rings (SSSR count). The fourth-order valence-corrected chi connectivity index (χ4v) is 5.30. The summed E-state index contributed by atoms with van der Waals surface area (Å²) >= 11 is 0. The summed E-state index contributed by atoms with van der Waals surface area (Å²) < 4.78 is 0. The molecule has 1 aliphatic heterocycles. The second kappa shape index (κ2) is 13.6. The second-order valence-electron chi connectivity index (χ2n) is 10.5. The lowest BCUT2D eigenvalue weighted by Crippen LogP contribution is -2.43. The number of nitrogens with one attached hydrogen (secondary N) is 2. The predicted octanol–water partition coefficient (Wildman–Crippen LogP) is 4.77. The number of carbonyl (C=O) groups is 2. The SMILES string of the molecule is CCC(CC(=O)N[C@@H](CCN(CCCCc1ccc2c(n1)NCCC2)C1CC1)C(=O)O)c1ccccc1. The van der Waals surface area contributed by atoms with E-state index in [1.165, 1.54) is 24.8 Å². The summed E-state index contributed by atoms with van der Waals surface area (Å²) in [6, 6.07) is 14.0. The van der Waals surface area contributed by atoms with E-state index in [1.54, 1.807) is 0 Å². The highest BCUT2D eigenvalue weighted by molar-refractivity contribution is 5.84. The average Bonchev–Trinajstić information content (AvgIpc) is 3.76. The molecule has 2 atom stereocenters. The molecule has 7 heteroatoms. The van der Waals surface area contributed by atoms with Crippen LogP contribution in [0.4, 0.5) is 5.82 Å². The predicted molar refractivity (Wildman–Crippen MR) is 147 cm³/mol. The van der Waals surface area contributed by atoms with Gasteiger partial charge < -0.3 is 20.6 Å². The number of carbonyl (C=O) groups excluding carboxylic acids is 1. The molecule has 0 radical (unpaired) electrons. The van der Waals surface area contributed by atoms with Gasteiger partial charge in [-0.3, -0.25) is 4.79 Å². The standard InChI is InChI=1S/C30H42N4O3/c1-2-22(23-9-4-3-5-10-23)21-28(35)33-27(30(36)37)17-20-34(26-15-16-26)19-7-6-12-25-14-13-24-11-8-18-31-29(24)32-25/h3-5,9-10,13-14,22,26-27H,2,6-8,11-12,15-21H2,1H3,(H,31,32)(H,33,35)(H,36,37)/t22?,27-/m0/s1. The first-order chi connectivity index (χ1) is 18.0. The quantitative estimate of drug-likeness (QED) is 0.301. The zero-order valence-electron chi connectivity index (χ0n) is 22.1. The number of benzene rings is 1. The number of nitrogens with zero attached hydrogens (tertiary/aromatic N) is 2. The number of aromatic nitrogens is 1. The molecule has 1 fully saturated rings. The van der Waals surface area contributed by atoms with Crippen LogP contribution in [0.5, 0.6) is 0 Å². The van der Waals surface area contributed by atoms with Gasteiger partial charge in [0.15, 0.2) is 0 Å². The first-order valence-corrected chi connectivity index (χ1v) is 14.1. The van der Waals surface area contributed by atoms with Crippen LogP contribution in [0.3, 0.4) is 0 Å². The molecule has 2 aliphatic rings. The zero-order valence-corrected chi connectivity index (χ0v) is 22.1. The Bertz CT molecular complexity index is 1020. The van der Waals surface area contributed by atoms with Crippen LogP contribution in [0, 0.1) is 0 Å². The van der Waals surface area contributed by atoms with Gasteiger partial charge in [0, 0.05) is 31.2 Å². The number of rotatable bonds is 15. The Labute approximate surface area is 221 Å². The summed E-state index contributed by atoms with van der Waals surface area (Å²) in [7, 11) is 0. The van der Waals surface area contributed by atoms with E-state index >= 15 is 0 Å². The van der Waals surface area contributed by atoms with Crippen LogP contribution in [0.1, 0.15) is 81.0 Å². The summed E-state index contributed by atoms with van der Waals surface area (Å²) in [5.41, 5.74) is 3.58. The number of aryl methyl sites for hydroxylation is 2. The Balaban J connectivity index is 1.21. The van der Waals surface area contributed by atoms with Crippen molar-refractivity contribution in [2.45, 2.75) is 89.1 Å². The second-order valence-corrected chi connectivity index (χ2v) is 10.5. The van der Waals surface area contributed by atoms with Gasteiger partial charge in [0.25, 0.3) is 0 Å². The Morgan fingerprint density at radius 2 is 1.95 bits per heavy atom. The molecule has 2 heterocycles. The fourth-order valence-electron chi connectivity index (χ4n) is 5.30. The van der Waals surface area contributed by atoms with E-state index < -0.39 is 12.0 Å². The van der Waals surface area contributed by atoms with Crippen LogP contribution >= 0.6 is 0 Å². The van der Waals surface area contributed by atoms with Gasteiger partial charge >= 0.3 is 5.97 Å². The molecule has 0 bridgehead atoms. The Kier molecular flexibility index (Phi) is 9.94. The summed E-state index contributed by atoms with van der Waals surface area (Å²) in [4.78, 5) is 31.9. The number of hydrogen-bond donors (Lipinski definition) is 3. The van der Waals surface area contributed by atoms with Crippen LogP contribution in [-0.4, -0.2) is 58.6 Å². The van der Waals surface area contributed by atoms with E-state index in [0.717, 1.165) is 62.3 Å². The highest BCUT2D eigenvalue weighted by Gasteiger charge is 2.30. The summed E-state index contributed by atoms with van der Waals surface area (Å²) in [6.07, 6.45) is 9.28. The molecule has 1 aromatic heterocycles. The summed E-state index contributed by atoms with van der Waals surface area (Å²) in [6.45, 7) is 4.72. The molecule has 3 N–H and O–H groups in total. The Morgan fingerprint density at radius 1 is 1.14 bits per heavy atom. The molecule has 0 spiro atoms. The molecule has 1 saturated carbocycles. The minimum Gasteiger partial charge on any atom is -0.480 e. The van der Waals surface area contributed by atoms with Crippen LogP contribution in [-0.2, 0) is 22.4 Å². The normalized spacial score (nSPS) is 16.5. The van der Waals surface area contributed by atoms with Crippen molar-refractivity contribution in [2.75, 3.05) is 25.0 Å². The average molecular weight is 507 g/mol. The first kappa shape index (κ1) is 27.1. The van der Waals surface area contributed by atoms with Crippen molar-refractivity contribution >= 4 is 17.7 Å². The highest BCUT2D eigenvalue weighted by atomic mass is 16.4. The van der Waals surface area contributed by atoms with E-state index in [1.807, 2.05) is 30.3 Å². The van der Waals surface area contributed by atoms with Crippen molar-refractivity contribution in [2.24, 2.45) is 0 Å². The molecule has 1 aliphatic carbocycles. The van der Waals surface area contributed by atoms with Gasteiger partial charge in [0.2, 0.25) is 5.91 Å². The lowest BCUT2D eigenvalue weighted by Gasteiger charge is -2.24. The van der Waals surface area contributed by atoms with Crippen molar-refractivity contribution in [1.29, 1.82) is 0 Å². The maximum atomic E-state index is 12.7. The summed E-state index contributed by atoms with van der Waals surface area (Å²) in [5, 5.41) is 16.0. The molecule has 1 aromatic carbocycles. The number of pyridine rings is 1.